The third-order valence-corrected chi connectivity index (χ3v) is 3.41. The highest BCUT2D eigenvalue weighted by molar-refractivity contribution is 6.31. The molecule has 0 radical (unpaired) electrons. The molecule has 2 aromatic carbocycles. The summed E-state index contributed by atoms with van der Waals surface area (Å²) >= 11 is 6.05. The maximum atomic E-state index is 13.5. The van der Waals surface area contributed by atoms with Gasteiger partial charge in [-0.3, -0.25) is 9.69 Å². The fourth-order valence-corrected chi connectivity index (χ4v) is 2.21. The maximum absolute atomic E-state index is 13.5. The summed E-state index contributed by atoms with van der Waals surface area (Å²) in [6.45, 7) is 0.488. The van der Waals surface area contributed by atoms with Crippen molar-refractivity contribution in [2.24, 2.45) is 0 Å². The maximum Gasteiger partial charge on any atom is 0.179 e. The van der Waals surface area contributed by atoms with E-state index in [9.17, 15) is 13.6 Å². The lowest BCUT2D eigenvalue weighted by Crippen LogP contribution is -2.26. The van der Waals surface area contributed by atoms with Crippen LogP contribution in [0, 0.1) is 11.6 Å². The van der Waals surface area contributed by atoms with Crippen LogP contribution in [0.3, 0.4) is 0 Å². The van der Waals surface area contributed by atoms with Crippen molar-refractivity contribution < 1.29 is 13.6 Å². The summed E-state index contributed by atoms with van der Waals surface area (Å²) in [6.07, 6.45) is 0. The van der Waals surface area contributed by atoms with Gasteiger partial charge in [0.1, 0.15) is 11.6 Å². The fraction of sp³-hybridized carbons (Fsp3) is 0.188. The Kier molecular flexibility index (Phi) is 5.04. The van der Waals surface area contributed by atoms with Crippen molar-refractivity contribution in [3.63, 3.8) is 0 Å². The molecule has 0 aromatic heterocycles. The van der Waals surface area contributed by atoms with Gasteiger partial charge in [0.2, 0.25) is 0 Å². The molecule has 0 aliphatic heterocycles. The standard InChI is InChI=1S/C16H14ClF2NO/c1-20(9-11-4-2-3-5-14(11)17)10-16(21)13-7-6-12(18)8-15(13)19/h2-8H,9-10H2,1H3. The summed E-state index contributed by atoms with van der Waals surface area (Å²) in [5, 5.41) is 0.616. The number of rotatable bonds is 5. The Hall–Kier alpha value is -1.78. The van der Waals surface area contributed by atoms with Crippen molar-refractivity contribution in [3.05, 3.63) is 70.2 Å². The first-order valence-corrected chi connectivity index (χ1v) is 6.75. The van der Waals surface area contributed by atoms with Crippen LogP contribution in [-0.2, 0) is 6.54 Å². The first kappa shape index (κ1) is 15.6. The van der Waals surface area contributed by atoms with E-state index in [0.717, 1.165) is 17.7 Å². The average molecular weight is 310 g/mol. The SMILES string of the molecule is CN(CC(=O)c1ccc(F)cc1F)Cc1ccccc1Cl. The van der Waals surface area contributed by atoms with Crippen LogP contribution in [0.2, 0.25) is 5.02 Å². The van der Waals surface area contributed by atoms with Crippen molar-refractivity contribution in [1.29, 1.82) is 0 Å². The molecule has 0 aliphatic carbocycles. The van der Waals surface area contributed by atoms with Crippen molar-refractivity contribution in [3.8, 4) is 0 Å². The molecule has 0 saturated heterocycles. The van der Waals surface area contributed by atoms with Gasteiger partial charge in [-0.05, 0) is 30.8 Å². The van der Waals surface area contributed by atoms with Crippen molar-refractivity contribution in [2.75, 3.05) is 13.6 Å². The van der Waals surface area contributed by atoms with Crippen LogP contribution in [0.15, 0.2) is 42.5 Å². The van der Waals surface area contributed by atoms with E-state index in [4.69, 9.17) is 11.6 Å². The Balaban J connectivity index is 2.04. The summed E-state index contributed by atoms with van der Waals surface area (Å²) in [5.41, 5.74) is 0.774. The first-order valence-electron chi connectivity index (χ1n) is 6.37. The van der Waals surface area contributed by atoms with Crippen LogP contribution >= 0.6 is 11.6 Å². The average Bonchev–Trinajstić information content (AvgIpc) is 2.41. The van der Waals surface area contributed by atoms with Crippen LogP contribution in [0.1, 0.15) is 15.9 Å². The van der Waals surface area contributed by atoms with Gasteiger partial charge in [0, 0.05) is 17.6 Å². The molecule has 0 aliphatic rings. The monoisotopic (exact) mass is 309 g/mol. The van der Waals surface area contributed by atoms with Gasteiger partial charge in [0.25, 0.3) is 0 Å². The van der Waals surface area contributed by atoms with E-state index >= 15 is 0 Å². The summed E-state index contributed by atoms with van der Waals surface area (Å²) < 4.78 is 26.4. The summed E-state index contributed by atoms with van der Waals surface area (Å²) in [7, 11) is 1.74. The zero-order valence-electron chi connectivity index (χ0n) is 11.4. The van der Waals surface area contributed by atoms with Crippen molar-refractivity contribution in [1.82, 2.24) is 4.90 Å². The van der Waals surface area contributed by atoms with Crippen LogP contribution in [0.5, 0.6) is 0 Å². The third-order valence-electron chi connectivity index (χ3n) is 3.04. The van der Waals surface area contributed by atoms with E-state index in [1.165, 1.54) is 0 Å². The largest absolute Gasteiger partial charge is 0.295 e. The second-order valence-corrected chi connectivity index (χ2v) is 5.22. The van der Waals surface area contributed by atoms with Crippen LogP contribution < -0.4 is 0 Å². The third kappa shape index (κ3) is 4.09. The lowest BCUT2D eigenvalue weighted by atomic mass is 10.1. The number of hydrogen-bond donors (Lipinski definition) is 0. The van der Waals surface area contributed by atoms with Crippen molar-refractivity contribution in [2.45, 2.75) is 6.54 Å². The van der Waals surface area contributed by atoms with Gasteiger partial charge in [-0.2, -0.15) is 0 Å². The Morgan fingerprint density at radius 1 is 1.19 bits per heavy atom. The molecular formula is C16H14ClF2NO. The summed E-state index contributed by atoms with van der Waals surface area (Å²) in [6, 6.07) is 10.3. The lowest BCUT2D eigenvalue weighted by Gasteiger charge is -2.16. The van der Waals surface area contributed by atoms with E-state index in [-0.39, 0.29) is 12.1 Å². The smallest absolute Gasteiger partial charge is 0.179 e. The minimum absolute atomic E-state index is 0.0216. The molecule has 0 amide bonds. The van der Waals surface area contributed by atoms with E-state index in [0.29, 0.717) is 17.6 Å². The molecule has 110 valence electrons. The normalized spacial score (nSPS) is 10.9. The number of ketones is 1. The number of Topliss-reactive ketones (excluding diaryl/α,β-unsaturated/α-hetero) is 1. The molecule has 2 aromatic rings. The first-order chi connectivity index (χ1) is 9.97. The number of carbonyl (C=O) groups excluding carboxylic acids is 1. The molecule has 0 bridgehead atoms. The molecule has 0 fully saturated rings. The van der Waals surface area contributed by atoms with E-state index < -0.39 is 17.4 Å². The molecule has 2 rings (SSSR count). The molecule has 21 heavy (non-hydrogen) atoms. The molecule has 0 atom stereocenters. The number of carbonyl (C=O) groups is 1. The van der Waals surface area contributed by atoms with Gasteiger partial charge >= 0.3 is 0 Å². The molecule has 0 heterocycles. The van der Waals surface area contributed by atoms with E-state index in [1.807, 2.05) is 18.2 Å². The van der Waals surface area contributed by atoms with Gasteiger partial charge in [0.05, 0.1) is 12.1 Å². The summed E-state index contributed by atoms with van der Waals surface area (Å²) in [5.74, 6) is -1.94. The molecular weight excluding hydrogens is 296 g/mol. The Morgan fingerprint density at radius 3 is 2.57 bits per heavy atom. The zero-order chi connectivity index (χ0) is 15.4. The van der Waals surface area contributed by atoms with Crippen LogP contribution in [0.25, 0.3) is 0 Å². The number of nitrogens with zero attached hydrogens (tertiary/aromatic N) is 1. The highest BCUT2D eigenvalue weighted by Gasteiger charge is 2.15. The molecule has 0 unspecified atom stereocenters. The topological polar surface area (TPSA) is 20.3 Å². The molecule has 0 spiro atoms. The number of likely N-dealkylation sites (N-methyl/N-ethyl adjacent to an activating group) is 1. The zero-order valence-corrected chi connectivity index (χ0v) is 12.2. The van der Waals surface area contributed by atoms with Crippen LogP contribution in [0.4, 0.5) is 8.78 Å². The Bertz CT molecular complexity index is 660. The second kappa shape index (κ2) is 6.78. The molecule has 5 heteroatoms. The second-order valence-electron chi connectivity index (χ2n) is 4.81. The number of benzene rings is 2. The highest BCUT2D eigenvalue weighted by Crippen LogP contribution is 2.17. The van der Waals surface area contributed by atoms with Gasteiger partial charge in [0.15, 0.2) is 5.78 Å². The minimum Gasteiger partial charge on any atom is -0.295 e. The number of halogens is 3. The van der Waals surface area contributed by atoms with Crippen LogP contribution in [-0.4, -0.2) is 24.3 Å². The Morgan fingerprint density at radius 2 is 1.90 bits per heavy atom. The predicted molar refractivity (Wildman–Crippen MR) is 78.5 cm³/mol. The predicted octanol–water partition coefficient (Wildman–Crippen LogP) is 3.93. The fourth-order valence-electron chi connectivity index (χ4n) is 2.02. The molecule has 0 N–H and O–H groups in total. The van der Waals surface area contributed by atoms with Gasteiger partial charge in [-0.25, -0.2) is 8.78 Å². The quantitative estimate of drug-likeness (QED) is 0.780. The van der Waals surface area contributed by atoms with Crippen molar-refractivity contribution >= 4 is 17.4 Å². The van der Waals surface area contributed by atoms with E-state index in [1.54, 1.807) is 18.0 Å². The number of hydrogen-bond acceptors (Lipinski definition) is 2. The van der Waals surface area contributed by atoms with Gasteiger partial charge < -0.3 is 0 Å². The molecule has 2 nitrogen and oxygen atoms in total. The highest BCUT2D eigenvalue weighted by atomic mass is 35.5. The minimum atomic E-state index is -0.842. The van der Waals surface area contributed by atoms with Gasteiger partial charge in [-0.1, -0.05) is 29.8 Å². The molecule has 0 saturated carbocycles. The Labute approximate surface area is 127 Å². The van der Waals surface area contributed by atoms with Gasteiger partial charge in [-0.15, -0.1) is 0 Å². The van der Waals surface area contributed by atoms with E-state index in [2.05, 4.69) is 0 Å². The lowest BCUT2D eigenvalue weighted by molar-refractivity contribution is 0.0939. The summed E-state index contributed by atoms with van der Waals surface area (Å²) in [4.78, 5) is 13.8.